The number of hydrogen-bond donors (Lipinski definition) is 1. The van der Waals surface area contributed by atoms with Crippen LogP contribution in [0.2, 0.25) is 0 Å². The first-order valence-electron chi connectivity index (χ1n) is 8.49. The lowest BCUT2D eigenvalue weighted by molar-refractivity contribution is 0.102. The van der Waals surface area contributed by atoms with Crippen molar-refractivity contribution >= 4 is 34.0 Å². The molecule has 0 aliphatic rings. The van der Waals surface area contributed by atoms with Gasteiger partial charge in [0.2, 0.25) is 5.13 Å². The Morgan fingerprint density at radius 2 is 1.81 bits per heavy atom. The SMILES string of the molecule is CC(C)c1ccc(/C=C(\C#N)c2nnc(NC(=O)c3ccccc3)s2)cc1. The van der Waals surface area contributed by atoms with E-state index in [-0.39, 0.29) is 5.91 Å². The summed E-state index contributed by atoms with van der Waals surface area (Å²) in [6, 6.07) is 19.1. The van der Waals surface area contributed by atoms with E-state index in [1.54, 1.807) is 30.3 Å². The first kappa shape index (κ1) is 18.5. The van der Waals surface area contributed by atoms with E-state index in [9.17, 15) is 10.1 Å². The second kappa shape index (κ2) is 8.39. The molecule has 0 fully saturated rings. The maximum atomic E-state index is 12.2. The number of amides is 1. The van der Waals surface area contributed by atoms with E-state index < -0.39 is 0 Å². The molecular weight excluding hydrogens is 356 g/mol. The van der Waals surface area contributed by atoms with Crippen LogP contribution in [0.15, 0.2) is 54.6 Å². The number of nitrogens with zero attached hydrogens (tertiary/aromatic N) is 3. The van der Waals surface area contributed by atoms with Crippen molar-refractivity contribution < 1.29 is 4.79 Å². The van der Waals surface area contributed by atoms with Gasteiger partial charge in [-0.25, -0.2) is 0 Å². The van der Waals surface area contributed by atoms with Crippen LogP contribution in [0.5, 0.6) is 0 Å². The number of carbonyl (C=O) groups is 1. The molecule has 0 saturated carbocycles. The molecule has 1 aromatic heterocycles. The number of aromatic nitrogens is 2. The Hall–Kier alpha value is -3.30. The number of anilines is 1. The van der Waals surface area contributed by atoms with E-state index in [1.165, 1.54) is 16.9 Å². The van der Waals surface area contributed by atoms with Crippen molar-refractivity contribution in [1.82, 2.24) is 10.2 Å². The van der Waals surface area contributed by atoms with Crippen molar-refractivity contribution in [3.8, 4) is 6.07 Å². The number of rotatable bonds is 5. The van der Waals surface area contributed by atoms with Gasteiger partial charge in [-0.05, 0) is 35.3 Å². The number of allylic oxidation sites excluding steroid dienone is 1. The van der Waals surface area contributed by atoms with Crippen LogP contribution in [0.4, 0.5) is 5.13 Å². The number of nitriles is 1. The highest BCUT2D eigenvalue weighted by Gasteiger charge is 2.12. The van der Waals surface area contributed by atoms with Crippen LogP contribution in [0.1, 0.15) is 46.3 Å². The van der Waals surface area contributed by atoms with E-state index in [0.717, 1.165) is 5.56 Å². The van der Waals surface area contributed by atoms with Gasteiger partial charge in [0.15, 0.2) is 5.01 Å². The summed E-state index contributed by atoms with van der Waals surface area (Å²) < 4.78 is 0. The standard InChI is InChI=1S/C21H18N4OS/c1-14(2)16-10-8-15(9-11-16)12-18(13-22)20-24-25-21(27-20)23-19(26)17-6-4-3-5-7-17/h3-12,14H,1-2H3,(H,23,25,26)/b18-12+. The molecule has 0 radical (unpaired) electrons. The third kappa shape index (κ3) is 4.66. The molecule has 0 aliphatic heterocycles. The fourth-order valence-electron chi connectivity index (χ4n) is 2.43. The second-order valence-corrected chi connectivity index (χ2v) is 7.20. The Morgan fingerprint density at radius 3 is 2.44 bits per heavy atom. The largest absolute Gasteiger partial charge is 0.296 e. The maximum Gasteiger partial charge on any atom is 0.257 e. The van der Waals surface area contributed by atoms with Gasteiger partial charge in [0.25, 0.3) is 5.91 Å². The molecular formula is C21H18N4OS. The summed E-state index contributed by atoms with van der Waals surface area (Å²) in [4.78, 5) is 12.2. The molecule has 27 heavy (non-hydrogen) atoms. The third-order valence-corrected chi connectivity index (χ3v) is 4.82. The van der Waals surface area contributed by atoms with Gasteiger partial charge in [-0.1, -0.05) is 67.6 Å². The molecule has 1 amide bonds. The molecule has 134 valence electrons. The Balaban J connectivity index is 1.77. The molecule has 0 bridgehead atoms. The molecule has 1 N–H and O–H groups in total. The molecule has 0 unspecified atom stereocenters. The van der Waals surface area contributed by atoms with Crippen molar-refractivity contribution in [3.05, 3.63) is 76.3 Å². The highest BCUT2D eigenvalue weighted by molar-refractivity contribution is 7.16. The van der Waals surface area contributed by atoms with E-state index in [4.69, 9.17) is 0 Å². The molecule has 0 spiro atoms. The first-order chi connectivity index (χ1) is 13.1. The summed E-state index contributed by atoms with van der Waals surface area (Å²) in [6.45, 7) is 4.27. The summed E-state index contributed by atoms with van der Waals surface area (Å²) in [5.74, 6) is 0.197. The molecule has 3 rings (SSSR count). The zero-order valence-electron chi connectivity index (χ0n) is 15.0. The van der Waals surface area contributed by atoms with E-state index in [2.05, 4.69) is 47.6 Å². The van der Waals surface area contributed by atoms with Gasteiger partial charge < -0.3 is 0 Å². The summed E-state index contributed by atoms with van der Waals surface area (Å²) in [5, 5.41) is 21.0. The fraction of sp³-hybridized carbons (Fsp3) is 0.143. The van der Waals surface area contributed by atoms with Crippen molar-refractivity contribution in [2.75, 3.05) is 5.32 Å². The molecule has 3 aromatic rings. The summed E-state index contributed by atoms with van der Waals surface area (Å²) in [5.41, 5.74) is 3.11. The minimum Gasteiger partial charge on any atom is -0.296 e. The number of carbonyl (C=O) groups excluding carboxylic acids is 1. The van der Waals surface area contributed by atoms with Crippen LogP contribution < -0.4 is 5.32 Å². The Labute approximate surface area is 162 Å². The lowest BCUT2D eigenvalue weighted by Gasteiger charge is -2.04. The number of hydrogen-bond acceptors (Lipinski definition) is 5. The first-order valence-corrected chi connectivity index (χ1v) is 9.30. The summed E-state index contributed by atoms with van der Waals surface area (Å²) in [7, 11) is 0. The molecule has 0 aliphatic carbocycles. The van der Waals surface area contributed by atoms with E-state index >= 15 is 0 Å². The van der Waals surface area contributed by atoms with Gasteiger partial charge in [-0.15, -0.1) is 10.2 Å². The van der Waals surface area contributed by atoms with Crippen molar-refractivity contribution in [2.24, 2.45) is 0 Å². The third-order valence-electron chi connectivity index (χ3n) is 3.95. The molecule has 5 nitrogen and oxygen atoms in total. The van der Waals surface area contributed by atoms with Gasteiger partial charge in [0.05, 0.1) is 5.57 Å². The van der Waals surface area contributed by atoms with Crippen LogP contribution in [0.25, 0.3) is 11.6 Å². The molecule has 0 atom stereocenters. The van der Waals surface area contributed by atoms with Crippen LogP contribution in [-0.2, 0) is 0 Å². The van der Waals surface area contributed by atoms with Gasteiger partial charge in [0.1, 0.15) is 6.07 Å². The Bertz CT molecular complexity index is 999. The van der Waals surface area contributed by atoms with E-state index in [1.807, 2.05) is 18.2 Å². The van der Waals surface area contributed by atoms with Crippen LogP contribution in [0, 0.1) is 11.3 Å². The van der Waals surface area contributed by atoms with Gasteiger partial charge in [-0.3, -0.25) is 10.1 Å². The summed E-state index contributed by atoms with van der Waals surface area (Å²) >= 11 is 1.17. The highest BCUT2D eigenvalue weighted by Crippen LogP contribution is 2.25. The zero-order chi connectivity index (χ0) is 19.2. The topological polar surface area (TPSA) is 78.7 Å². The van der Waals surface area contributed by atoms with E-state index in [0.29, 0.717) is 27.2 Å². The second-order valence-electron chi connectivity index (χ2n) is 6.22. The quantitative estimate of drug-likeness (QED) is 0.639. The molecule has 0 saturated heterocycles. The average molecular weight is 374 g/mol. The number of nitrogens with one attached hydrogen (secondary N) is 1. The molecule has 2 aromatic carbocycles. The predicted molar refractivity (Wildman–Crippen MR) is 108 cm³/mol. The average Bonchev–Trinajstić information content (AvgIpc) is 3.15. The Kier molecular flexibility index (Phi) is 5.74. The Morgan fingerprint density at radius 1 is 1.11 bits per heavy atom. The molecule has 1 heterocycles. The van der Waals surface area contributed by atoms with Crippen molar-refractivity contribution in [3.63, 3.8) is 0 Å². The zero-order valence-corrected chi connectivity index (χ0v) is 15.8. The lowest BCUT2D eigenvalue weighted by atomic mass is 10.0. The van der Waals surface area contributed by atoms with Gasteiger partial charge in [0, 0.05) is 5.56 Å². The van der Waals surface area contributed by atoms with Gasteiger partial charge >= 0.3 is 0 Å². The van der Waals surface area contributed by atoms with Crippen molar-refractivity contribution in [1.29, 1.82) is 5.26 Å². The van der Waals surface area contributed by atoms with Crippen LogP contribution >= 0.6 is 11.3 Å². The minimum atomic E-state index is -0.259. The minimum absolute atomic E-state index is 0.259. The normalized spacial score (nSPS) is 11.3. The lowest BCUT2D eigenvalue weighted by Crippen LogP contribution is -2.11. The van der Waals surface area contributed by atoms with Gasteiger partial charge in [-0.2, -0.15) is 5.26 Å². The monoisotopic (exact) mass is 374 g/mol. The molecule has 6 heteroatoms. The smallest absolute Gasteiger partial charge is 0.257 e. The highest BCUT2D eigenvalue weighted by atomic mass is 32.1. The fourth-order valence-corrected chi connectivity index (χ4v) is 3.13. The van der Waals surface area contributed by atoms with Crippen LogP contribution in [-0.4, -0.2) is 16.1 Å². The number of benzene rings is 2. The summed E-state index contributed by atoms with van der Waals surface area (Å²) in [6.07, 6.45) is 1.77. The van der Waals surface area contributed by atoms with Crippen molar-refractivity contribution in [2.45, 2.75) is 19.8 Å². The maximum absolute atomic E-state index is 12.2. The van der Waals surface area contributed by atoms with Crippen LogP contribution in [0.3, 0.4) is 0 Å². The predicted octanol–water partition coefficient (Wildman–Crippen LogP) is 4.98.